The minimum Gasteiger partial charge on any atom is -0.447 e. The summed E-state index contributed by atoms with van der Waals surface area (Å²) in [5.41, 5.74) is 13.0. The van der Waals surface area contributed by atoms with E-state index in [9.17, 15) is 14.0 Å². The topological polar surface area (TPSA) is 89.2 Å². The predicted molar refractivity (Wildman–Crippen MR) is 123 cm³/mol. The van der Waals surface area contributed by atoms with Gasteiger partial charge in [-0.05, 0) is 36.2 Å². The molecule has 2 aromatic rings. The zero-order valence-electron chi connectivity index (χ0n) is 18.8. The average molecular weight is 467 g/mol. The second-order valence-corrected chi connectivity index (χ2v) is 9.33. The molecule has 178 valence electrons. The average Bonchev–Trinajstić information content (AvgIpc) is 3.42. The summed E-state index contributed by atoms with van der Waals surface area (Å²) in [5, 5.41) is 1.37. The van der Waals surface area contributed by atoms with Gasteiger partial charge in [-0.3, -0.25) is 15.1 Å². The van der Waals surface area contributed by atoms with Gasteiger partial charge in [-0.2, -0.15) is 0 Å². The van der Waals surface area contributed by atoms with Crippen LogP contribution in [-0.4, -0.2) is 61.3 Å². The molecule has 9 nitrogen and oxygen atoms in total. The largest absolute Gasteiger partial charge is 0.447 e. The number of ether oxygens (including phenoxy) is 1. The van der Waals surface area contributed by atoms with Crippen LogP contribution in [0.2, 0.25) is 0 Å². The lowest BCUT2D eigenvalue weighted by molar-refractivity contribution is -0.121. The summed E-state index contributed by atoms with van der Waals surface area (Å²) in [6.45, 7) is 4.41. The highest BCUT2D eigenvalue weighted by molar-refractivity contribution is 5.94. The van der Waals surface area contributed by atoms with E-state index in [0.717, 1.165) is 24.3 Å². The number of fused-ring (bicyclic) bond motifs is 2. The second-order valence-electron chi connectivity index (χ2n) is 9.33. The molecular formula is C24H27FN6O3. The molecule has 4 unspecified atom stereocenters. The second kappa shape index (κ2) is 8.23. The number of nitrogens with one attached hydrogen (secondary N) is 3. The molecule has 4 atom stereocenters. The summed E-state index contributed by atoms with van der Waals surface area (Å²) in [6, 6.07) is 12.9. The molecule has 0 spiro atoms. The van der Waals surface area contributed by atoms with Crippen LogP contribution in [0.15, 0.2) is 42.5 Å². The van der Waals surface area contributed by atoms with E-state index in [1.807, 2.05) is 0 Å². The van der Waals surface area contributed by atoms with Gasteiger partial charge in [0, 0.05) is 37.8 Å². The van der Waals surface area contributed by atoms with Gasteiger partial charge in [-0.1, -0.05) is 24.3 Å². The van der Waals surface area contributed by atoms with Crippen molar-refractivity contribution in [2.24, 2.45) is 0 Å². The maximum absolute atomic E-state index is 14.6. The number of benzene rings is 2. The van der Waals surface area contributed by atoms with Crippen molar-refractivity contribution in [1.82, 2.24) is 21.2 Å². The van der Waals surface area contributed by atoms with Crippen LogP contribution in [0.5, 0.6) is 0 Å². The number of piperazine rings is 1. The van der Waals surface area contributed by atoms with Crippen LogP contribution in [0.1, 0.15) is 23.6 Å². The summed E-state index contributed by atoms with van der Waals surface area (Å²) < 4.78 is 19.8. The fraction of sp³-hybridized carbons (Fsp3) is 0.417. The van der Waals surface area contributed by atoms with E-state index in [2.05, 4.69) is 45.4 Å². The van der Waals surface area contributed by atoms with Gasteiger partial charge < -0.3 is 9.64 Å². The van der Waals surface area contributed by atoms with Crippen molar-refractivity contribution in [3.63, 3.8) is 0 Å². The van der Waals surface area contributed by atoms with Crippen LogP contribution in [-0.2, 0) is 9.53 Å². The number of amides is 2. The SMILES string of the molecule is Cc1cccc(F)c1N1NC2C(CC1=O)NNC2c1ccc(N2CCN3C(=O)OCC3C2)cc1. The number of carbonyl (C=O) groups excluding carboxylic acids is 2. The number of halogens is 1. The van der Waals surface area contributed by atoms with Crippen LogP contribution < -0.4 is 26.2 Å². The van der Waals surface area contributed by atoms with Crippen molar-refractivity contribution in [2.45, 2.75) is 37.5 Å². The smallest absolute Gasteiger partial charge is 0.410 e. The van der Waals surface area contributed by atoms with Crippen LogP contribution in [0.25, 0.3) is 0 Å². The minimum atomic E-state index is -0.423. The van der Waals surface area contributed by atoms with Crippen LogP contribution in [0, 0.1) is 12.7 Å². The Morgan fingerprint density at radius 2 is 1.88 bits per heavy atom. The number of aryl methyl sites for hydroxylation is 1. The van der Waals surface area contributed by atoms with E-state index >= 15 is 0 Å². The van der Waals surface area contributed by atoms with E-state index < -0.39 is 5.82 Å². The molecule has 4 saturated heterocycles. The third-order valence-corrected chi connectivity index (χ3v) is 7.28. The summed E-state index contributed by atoms with van der Waals surface area (Å²) in [7, 11) is 0. The maximum atomic E-state index is 14.6. The Labute approximate surface area is 196 Å². The van der Waals surface area contributed by atoms with Gasteiger partial charge in [0.25, 0.3) is 0 Å². The lowest BCUT2D eigenvalue weighted by atomic mass is 9.93. The monoisotopic (exact) mass is 466 g/mol. The standard InChI is InChI=1S/C24H27FN6O3/c1-14-3-2-4-18(25)23(14)31-20(32)11-19-22(28-31)21(27-26-19)15-5-7-16(8-6-15)29-9-10-30-17(12-29)13-34-24(30)33/h2-8,17,19,21-22,26-28H,9-13H2,1H3. The van der Waals surface area contributed by atoms with Gasteiger partial charge in [0.1, 0.15) is 12.4 Å². The van der Waals surface area contributed by atoms with Gasteiger partial charge >= 0.3 is 6.09 Å². The quantitative estimate of drug-likeness (QED) is 0.633. The van der Waals surface area contributed by atoms with Gasteiger partial charge in [0.15, 0.2) is 0 Å². The molecule has 34 heavy (non-hydrogen) atoms. The molecule has 4 fully saturated rings. The molecule has 4 heterocycles. The maximum Gasteiger partial charge on any atom is 0.410 e. The minimum absolute atomic E-state index is 0.0965. The summed E-state index contributed by atoms with van der Waals surface area (Å²) in [4.78, 5) is 28.6. The van der Waals surface area contributed by atoms with Crippen molar-refractivity contribution >= 4 is 23.4 Å². The number of hydrazine groups is 2. The number of anilines is 2. The first kappa shape index (κ1) is 21.3. The molecule has 2 aromatic carbocycles. The number of hydrogen-bond donors (Lipinski definition) is 3. The fourth-order valence-electron chi connectivity index (χ4n) is 5.45. The highest BCUT2D eigenvalue weighted by Gasteiger charge is 2.44. The fourth-order valence-corrected chi connectivity index (χ4v) is 5.45. The Balaban J connectivity index is 1.19. The zero-order valence-corrected chi connectivity index (χ0v) is 18.8. The summed E-state index contributed by atoms with van der Waals surface area (Å²) >= 11 is 0. The molecule has 0 aromatic heterocycles. The van der Waals surface area contributed by atoms with Crippen molar-refractivity contribution in [2.75, 3.05) is 36.1 Å². The Morgan fingerprint density at radius 1 is 1.06 bits per heavy atom. The number of carbonyl (C=O) groups is 2. The van der Waals surface area contributed by atoms with Gasteiger partial charge in [0.05, 0.1) is 23.8 Å². The molecule has 6 rings (SSSR count). The zero-order chi connectivity index (χ0) is 23.4. The van der Waals surface area contributed by atoms with Gasteiger partial charge in [0.2, 0.25) is 5.91 Å². The summed E-state index contributed by atoms with van der Waals surface area (Å²) in [5.74, 6) is -0.596. The molecule has 4 aliphatic rings. The van der Waals surface area contributed by atoms with Gasteiger partial charge in [-0.15, -0.1) is 0 Å². The van der Waals surface area contributed by atoms with Crippen molar-refractivity contribution in [3.8, 4) is 0 Å². The van der Waals surface area contributed by atoms with Crippen molar-refractivity contribution in [1.29, 1.82) is 0 Å². The molecule has 0 bridgehead atoms. The third-order valence-electron chi connectivity index (χ3n) is 7.28. The van der Waals surface area contributed by atoms with Crippen molar-refractivity contribution < 1.29 is 18.7 Å². The van der Waals surface area contributed by atoms with E-state index in [-0.39, 0.29) is 48.3 Å². The normalized spacial score (nSPS) is 28.7. The first-order valence-corrected chi connectivity index (χ1v) is 11.6. The molecule has 10 heteroatoms. The Hall–Kier alpha value is -3.21. The van der Waals surface area contributed by atoms with Crippen LogP contribution >= 0.6 is 0 Å². The van der Waals surface area contributed by atoms with Crippen LogP contribution in [0.4, 0.5) is 20.6 Å². The van der Waals surface area contributed by atoms with E-state index in [0.29, 0.717) is 18.7 Å². The van der Waals surface area contributed by atoms with Crippen LogP contribution in [0.3, 0.4) is 0 Å². The molecule has 4 aliphatic heterocycles. The molecule has 0 aliphatic carbocycles. The third kappa shape index (κ3) is 3.49. The predicted octanol–water partition coefficient (Wildman–Crippen LogP) is 1.60. The molecule has 3 N–H and O–H groups in total. The molecule has 0 radical (unpaired) electrons. The molecule has 0 saturated carbocycles. The van der Waals surface area contributed by atoms with Gasteiger partial charge in [-0.25, -0.2) is 25.0 Å². The van der Waals surface area contributed by atoms with E-state index in [1.54, 1.807) is 24.0 Å². The number of nitrogens with zero attached hydrogens (tertiary/aromatic N) is 3. The van der Waals surface area contributed by atoms with Crippen molar-refractivity contribution in [3.05, 3.63) is 59.4 Å². The Bertz CT molecular complexity index is 1110. The van der Waals surface area contributed by atoms with E-state index in [4.69, 9.17) is 4.74 Å². The number of cyclic esters (lactones) is 1. The highest BCUT2D eigenvalue weighted by Crippen LogP contribution is 2.33. The highest BCUT2D eigenvalue weighted by atomic mass is 19.1. The lowest BCUT2D eigenvalue weighted by Gasteiger charge is -2.38. The number of hydrogen-bond acceptors (Lipinski definition) is 7. The summed E-state index contributed by atoms with van der Waals surface area (Å²) in [6.07, 6.45) is 0.0480. The molecular weight excluding hydrogens is 439 g/mol. The Kier molecular flexibility index (Phi) is 5.16. The lowest BCUT2D eigenvalue weighted by Crippen LogP contribution is -2.60. The molecule has 2 amide bonds. The first-order valence-electron chi connectivity index (χ1n) is 11.6. The number of rotatable bonds is 3. The number of para-hydroxylation sites is 1. The van der Waals surface area contributed by atoms with E-state index in [1.165, 1.54) is 11.1 Å². The first-order chi connectivity index (χ1) is 16.5. The Morgan fingerprint density at radius 3 is 2.68 bits per heavy atom.